The van der Waals surface area contributed by atoms with Gasteiger partial charge in [0.25, 0.3) is 0 Å². The maximum Gasteiger partial charge on any atom is 0.185 e. The molecule has 0 aliphatic heterocycles. The average molecular weight is 425 g/mol. The van der Waals surface area contributed by atoms with Crippen molar-refractivity contribution in [3.63, 3.8) is 0 Å². The first-order chi connectivity index (χ1) is 14.5. The van der Waals surface area contributed by atoms with Crippen molar-refractivity contribution < 1.29 is 14.7 Å². The van der Waals surface area contributed by atoms with Crippen LogP contribution < -0.4 is 0 Å². The van der Waals surface area contributed by atoms with Gasteiger partial charge in [-0.3, -0.25) is 9.59 Å². The number of aliphatic hydroxyl groups excluding tert-OH is 1. The highest BCUT2D eigenvalue weighted by molar-refractivity contribution is 6.22. The van der Waals surface area contributed by atoms with Crippen molar-refractivity contribution in [1.29, 1.82) is 0 Å². The number of aliphatic hydroxyl groups is 1. The van der Waals surface area contributed by atoms with Crippen LogP contribution in [0.4, 0.5) is 0 Å². The van der Waals surface area contributed by atoms with Gasteiger partial charge in [-0.25, -0.2) is 0 Å². The Bertz CT molecular complexity index is 839. The van der Waals surface area contributed by atoms with Crippen LogP contribution in [0, 0.1) is 0 Å². The molecule has 0 spiro atoms. The Labute approximate surface area is 189 Å². The normalized spacial score (nSPS) is 16.4. The molecular formula is C28H40O3. The zero-order valence-electron chi connectivity index (χ0n) is 20.3. The molecule has 1 aliphatic carbocycles. The monoisotopic (exact) mass is 424 g/mol. The Balaban J connectivity index is 2.45. The average Bonchev–Trinajstić information content (AvgIpc) is 2.69. The second-order valence-corrected chi connectivity index (χ2v) is 9.00. The number of carbonyl (C=O) groups excluding carboxylic acids is 2. The lowest BCUT2D eigenvalue weighted by molar-refractivity contribution is -0.116. The molecule has 0 aromatic rings. The van der Waals surface area contributed by atoms with E-state index in [0.29, 0.717) is 28.7 Å². The predicted molar refractivity (Wildman–Crippen MR) is 131 cm³/mol. The van der Waals surface area contributed by atoms with Gasteiger partial charge >= 0.3 is 0 Å². The van der Waals surface area contributed by atoms with Crippen LogP contribution in [0.1, 0.15) is 86.5 Å². The molecule has 0 bridgehead atoms. The molecule has 1 aliphatic rings. The first kappa shape index (κ1) is 26.8. The van der Waals surface area contributed by atoms with Crippen LogP contribution in [-0.4, -0.2) is 22.8 Å². The van der Waals surface area contributed by atoms with Crippen LogP contribution in [0.5, 0.6) is 0 Å². The molecule has 0 fully saturated rings. The molecule has 0 aromatic carbocycles. The Morgan fingerprint density at radius 3 is 2.00 bits per heavy atom. The fraction of sp³-hybridized carbons (Fsp3) is 0.500. The fourth-order valence-electron chi connectivity index (χ4n) is 3.52. The standard InChI is InChI=1S/C28H40O3/c1-19(2)11-8-12-20(3)13-9-14-21(4)15-10-16-22(5)26(29)18-25-24(7)27(30)17-23(6)28(25)31/h11,13,15,17,26,29H,5,8-10,12,14,16,18H2,1-4,6-7H3/b20-13+,21-15+. The zero-order chi connectivity index (χ0) is 23.6. The second-order valence-electron chi connectivity index (χ2n) is 9.00. The van der Waals surface area contributed by atoms with E-state index in [2.05, 4.69) is 52.5 Å². The van der Waals surface area contributed by atoms with Gasteiger partial charge in [0.1, 0.15) is 0 Å². The van der Waals surface area contributed by atoms with E-state index < -0.39 is 6.10 Å². The summed E-state index contributed by atoms with van der Waals surface area (Å²) < 4.78 is 0. The van der Waals surface area contributed by atoms with Crippen LogP contribution in [-0.2, 0) is 9.59 Å². The van der Waals surface area contributed by atoms with Crippen LogP contribution >= 0.6 is 0 Å². The Morgan fingerprint density at radius 2 is 1.45 bits per heavy atom. The Hall–Kier alpha value is -2.26. The lowest BCUT2D eigenvalue weighted by atomic mass is 9.86. The van der Waals surface area contributed by atoms with E-state index in [1.807, 2.05) is 0 Å². The first-order valence-electron chi connectivity index (χ1n) is 11.3. The third-order valence-electron chi connectivity index (χ3n) is 5.75. The quantitative estimate of drug-likeness (QED) is 0.274. The van der Waals surface area contributed by atoms with E-state index in [-0.39, 0.29) is 18.0 Å². The summed E-state index contributed by atoms with van der Waals surface area (Å²) in [5.74, 6) is -0.298. The van der Waals surface area contributed by atoms with Crippen molar-refractivity contribution in [3.05, 3.63) is 69.9 Å². The summed E-state index contributed by atoms with van der Waals surface area (Å²) in [4.78, 5) is 24.3. The molecule has 0 radical (unpaired) electrons. The summed E-state index contributed by atoms with van der Waals surface area (Å²) in [6.07, 6.45) is 13.3. The smallest absolute Gasteiger partial charge is 0.185 e. The summed E-state index contributed by atoms with van der Waals surface area (Å²) in [7, 11) is 0. The van der Waals surface area contributed by atoms with Gasteiger partial charge in [0, 0.05) is 23.1 Å². The molecule has 1 N–H and O–H groups in total. The van der Waals surface area contributed by atoms with E-state index >= 15 is 0 Å². The molecule has 170 valence electrons. The number of allylic oxidation sites excluding steroid dienone is 9. The van der Waals surface area contributed by atoms with E-state index in [0.717, 1.165) is 32.1 Å². The fourth-order valence-corrected chi connectivity index (χ4v) is 3.52. The molecular weight excluding hydrogens is 384 g/mol. The van der Waals surface area contributed by atoms with Gasteiger partial charge in [-0.05, 0) is 91.7 Å². The maximum atomic E-state index is 12.3. The topological polar surface area (TPSA) is 54.4 Å². The number of rotatable bonds is 12. The van der Waals surface area contributed by atoms with E-state index in [9.17, 15) is 14.7 Å². The van der Waals surface area contributed by atoms with Crippen molar-refractivity contribution in [3.8, 4) is 0 Å². The van der Waals surface area contributed by atoms with Gasteiger partial charge in [0.05, 0.1) is 6.10 Å². The van der Waals surface area contributed by atoms with Gasteiger partial charge in [-0.2, -0.15) is 0 Å². The molecule has 0 saturated carbocycles. The van der Waals surface area contributed by atoms with Crippen LogP contribution in [0.2, 0.25) is 0 Å². The minimum Gasteiger partial charge on any atom is -0.388 e. The van der Waals surface area contributed by atoms with Gasteiger partial charge in [-0.15, -0.1) is 0 Å². The number of hydrogen-bond donors (Lipinski definition) is 1. The maximum absolute atomic E-state index is 12.3. The summed E-state index contributed by atoms with van der Waals surface area (Å²) in [5.41, 5.74) is 6.13. The molecule has 1 atom stereocenters. The number of ketones is 2. The summed E-state index contributed by atoms with van der Waals surface area (Å²) in [5, 5.41) is 10.5. The molecule has 1 unspecified atom stereocenters. The van der Waals surface area contributed by atoms with Gasteiger partial charge in [-0.1, -0.05) is 41.5 Å². The zero-order valence-corrected chi connectivity index (χ0v) is 20.3. The summed E-state index contributed by atoms with van der Waals surface area (Å²) >= 11 is 0. The van der Waals surface area contributed by atoms with Crippen molar-refractivity contribution in [1.82, 2.24) is 0 Å². The molecule has 0 heterocycles. The van der Waals surface area contributed by atoms with E-state index in [1.165, 1.54) is 22.8 Å². The van der Waals surface area contributed by atoms with Crippen LogP contribution in [0.25, 0.3) is 0 Å². The number of Topliss-reactive ketones (excluding diaryl/α,β-unsaturated/α-hetero) is 1. The van der Waals surface area contributed by atoms with Crippen molar-refractivity contribution in [2.45, 2.75) is 92.6 Å². The van der Waals surface area contributed by atoms with Gasteiger partial charge < -0.3 is 5.11 Å². The third-order valence-corrected chi connectivity index (χ3v) is 5.75. The molecule has 3 nitrogen and oxygen atoms in total. The second kappa shape index (κ2) is 13.2. The molecule has 0 saturated heterocycles. The van der Waals surface area contributed by atoms with E-state index in [1.54, 1.807) is 13.8 Å². The highest BCUT2D eigenvalue weighted by Crippen LogP contribution is 2.25. The minimum atomic E-state index is -0.812. The molecule has 0 amide bonds. The van der Waals surface area contributed by atoms with Crippen molar-refractivity contribution in [2.24, 2.45) is 0 Å². The number of carbonyl (C=O) groups is 2. The molecule has 1 rings (SSSR count). The summed E-state index contributed by atoms with van der Waals surface area (Å²) in [6.45, 7) is 15.9. The predicted octanol–water partition coefficient (Wildman–Crippen LogP) is 6.91. The lowest BCUT2D eigenvalue weighted by Gasteiger charge is -2.19. The summed E-state index contributed by atoms with van der Waals surface area (Å²) in [6, 6.07) is 0. The van der Waals surface area contributed by atoms with Gasteiger partial charge in [0.15, 0.2) is 11.6 Å². The van der Waals surface area contributed by atoms with Crippen LogP contribution in [0.3, 0.4) is 0 Å². The van der Waals surface area contributed by atoms with Gasteiger partial charge in [0.2, 0.25) is 0 Å². The highest BCUT2D eigenvalue weighted by atomic mass is 16.3. The van der Waals surface area contributed by atoms with Crippen molar-refractivity contribution >= 4 is 11.6 Å². The minimum absolute atomic E-state index is 0.148. The molecule has 3 heteroatoms. The number of hydrogen-bond acceptors (Lipinski definition) is 3. The highest BCUT2D eigenvalue weighted by Gasteiger charge is 2.25. The largest absolute Gasteiger partial charge is 0.388 e. The molecule has 31 heavy (non-hydrogen) atoms. The third kappa shape index (κ3) is 9.61. The van der Waals surface area contributed by atoms with Crippen LogP contribution in [0.15, 0.2) is 69.9 Å². The Morgan fingerprint density at radius 1 is 0.935 bits per heavy atom. The van der Waals surface area contributed by atoms with Crippen molar-refractivity contribution in [2.75, 3.05) is 0 Å². The van der Waals surface area contributed by atoms with E-state index in [4.69, 9.17) is 0 Å². The molecule has 0 aromatic heterocycles. The first-order valence-corrected chi connectivity index (χ1v) is 11.3. The SMILES string of the molecule is C=C(CC/C=C(\C)CC/C=C(\C)CCC=C(C)C)C(O)CC1=C(C)C(=O)C=C(C)C1=O. The Kier molecular flexibility index (Phi) is 11.4. The lowest BCUT2D eigenvalue weighted by Crippen LogP contribution is -2.21.